The smallest absolute Gasteiger partial charge is 0.171 e. The fraction of sp³-hybridized carbons (Fsp3) is 0.250. The number of carbonyl (C=O) groups is 1. The van der Waals surface area contributed by atoms with Crippen LogP contribution in [0.4, 0.5) is 5.69 Å². The van der Waals surface area contributed by atoms with Gasteiger partial charge >= 0.3 is 0 Å². The van der Waals surface area contributed by atoms with E-state index in [1.54, 1.807) is 0 Å². The highest BCUT2D eigenvalue weighted by Gasteiger charge is 2.23. The molecule has 0 spiro atoms. The Balaban J connectivity index is 2.33. The topological polar surface area (TPSA) is 29.5 Å². The highest BCUT2D eigenvalue weighted by Crippen LogP contribution is 2.32. The summed E-state index contributed by atoms with van der Waals surface area (Å²) in [5.41, 5.74) is 1.02. The first-order chi connectivity index (χ1) is 7.35. The Kier molecular flexibility index (Phi) is 2.72. The van der Waals surface area contributed by atoms with Gasteiger partial charge in [-0.1, -0.05) is 18.2 Å². The molecule has 0 saturated carbocycles. The maximum atomic E-state index is 10.7. The van der Waals surface area contributed by atoms with Crippen LogP contribution in [-0.2, 0) is 4.79 Å². The van der Waals surface area contributed by atoms with Gasteiger partial charge < -0.3 is 9.64 Å². The summed E-state index contributed by atoms with van der Waals surface area (Å²) >= 11 is 0. The van der Waals surface area contributed by atoms with Gasteiger partial charge in [-0.05, 0) is 12.1 Å². The molecule has 0 fully saturated rings. The molecule has 0 aromatic heterocycles. The van der Waals surface area contributed by atoms with Crippen LogP contribution in [0.1, 0.15) is 0 Å². The third-order valence-corrected chi connectivity index (χ3v) is 2.39. The van der Waals surface area contributed by atoms with E-state index in [4.69, 9.17) is 4.74 Å². The number of hydrogen-bond donors (Lipinski definition) is 0. The lowest BCUT2D eigenvalue weighted by molar-refractivity contribution is -0.113. The van der Waals surface area contributed by atoms with E-state index in [9.17, 15) is 4.79 Å². The maximum Gasteiger partial charge on any atom is 0.171 e. The first kappa shape index (κ1) is 9.77. The number of aldehydes is 1. The summed E-state index contributed by atoms with van der Waals surface area (Å²) in [4.78, 5) is 12.8. The summed E-state index contributed by atoms with van der Waals surface area (Å²) in [5.74, 6) is 0.766. The number of fused-ring (bicyclic) bond motifs is 1. The molecule has 15 heavy (non-hydrogen) atoms. The van der Waals surface area contributed by atoms with Gasteiger partial charge in [0.05, 0.1) is 12.2 Å². The first-order valence-corrected chi connectivity index (χ1v) is 4.92. The van der Waals surface area contributed by atoms with Crippen LogP contribution >= 0.6 is 0 Å². The molecule has 1 aliphatic rings. The Morgan fingerprint density at radius 3 is 3.07 bits per heavy atom. The lowest BCUT2D eigenvalue weighted by Gasteiger charge is -2.33. The van der Waals surface area contributed by atoms with Crippen molar-refractivity contribution < 1.29 is 9.53 Å². The van der Waals surface area contributed by atoms with Crippen LogP contribution in [0.3, 0.4) is 0 Å². The molecule has 0 aliphatic carbocycles. The van der Waals surface area contributed by atoms with Crippen molar-refractivity contribution in [1.29, 1.82) is 0 Å². The molecule has 1 atom stereocenters. The summed E-state index contributed by atoms with van der Waals surface area (Å²) < 4.78 is 5.51. The zero-order valence-electron chi connectivity index (χ0n) is 8.43. The summed E-state index contributed by atoms with van der Waals surface area (Å²) in [5, 5.41) is 0. The van der Waals surface area contributed by atoms with E-state index >= 15 is 0 Å². The van der Waals surface area contributed by atoms with Crippen molar-refractivity contribution in [2.24, 2.45) is 0 Å². The Morgan fingerprint density at radius 2 is 2.33 bits per heavy atom. The zero-order chi connectivity index (χ0) is 10.7. The molecule has 1 aromatic rings. The van der Waals surface area contributed by atoms with Gasteiger partial charge in [0, 0.05) is 6.54 Å². The number of carbonyl (C=O) groups excluding carboxylic acids is 1. The Hall–Kier alpha value is -1.77. The van der Waals surface area contributed by atoms with E-state index in [1.807, 2.05) is 30.3 Å². The second-order valence-corrected chi connectivity index (χ2v) is 3.45. The molecule has 0 bridgehead atoms. The van der Waals surface area contributed by atoms with Crippen molar-refractivity contribution in [3.63, 3.8) is 0 Å². The summed E-state index contributed by atoms with van der Waals surface area (Å²) in [7, 11) is 0. The molecule has 1 heterocycles. The molecule has 1 aromatic carbocycles. The van der Waals surface area contributed by atoms with Crippen LogP contribution in [0, 0.1) is 0 Å². The third-order valence-electron chi connectivity index (χ3n) is 2.39. The molecular formula is C12H13NO2. The second kappa shape index (κ2) is 4.17. The molecule has 78 valence electrons. The average Bonchev–Trinajstić information content (AvgIpc) is 2.29. The number of ether oxygens (including phenoxy) is 1. The Morgan fingerprint density at radius 1 is 1.53 bits per heavy atom. The van der Waals surface area contributed by atoms with E-state index in [0.29, 0.717) is 6.54 Å². The van der Waals surface area contributed by atoms with Gasteiger partial charge in [-0.2, -0.15) is 0 Å². The highest BCUT2D eigenvalue weighted by atomic mass is 16.5. The Bertz CT molecular complexity index is 376. The van der Waals surface area contributed by atoms with E-state index in [0.717, 1.165) is 24.3 Å². The normalized spacial score (nSPS) is 18.9. The number of nitrogens with zero attached hydrogens (tertiary/aromatic N) is 1. The van der Waals surface area contributed by atoms with Gasteiger partial charge in [-0.25, -0.2) is 0 Å². The molecule has 0 N–H and O–H groups in total. The second-order valence-electron chi connectivity index (χ2n) is 3.45. The fourth-order valence-corrected chi connectivity index (χ4v) is 1.73. The largest absolute Gasteiger partial charge is 0.479 e. The lowest BCUT2D eigenvalue weighted by Crippen LogP contribution is -2.40. The molecule has 2 rings (SSSR count). The van der Waals surface area contributed by atoms with Crippen molar-refractivity contribution >= 4 is 12.0 Å². The molecular weight excluding hydrogens is 190 g/mol. The van der Waals surface area contributed by atoms with Crippen LogP contribution in [0.15, 0.2) is 36.9 Å². The van der Waals surface area contributed by atoms with Crippen molar-refractivity contribution in [2.45, 2.75) is 6.10 Å². The first-order valence-electron chi connectivity index (χ1n) is 4.92. The standard InChI is InChI=1S/C12H13NO2/c1-2-7-13-8-10(9-14)15-12-6-4-3-5-11(12)13/h2-6,9-10H,1,7-8H2. The quantitative estimate of drug-likeness (QED) is 0.552. The SMILES string of the molecule is C=CCN1CC(C=O)Oc2ccccc21. The minimum absolute atomic E-state index is 0.375. The number of anilines is 1. The monoisotopic (exact) mass is 203 g/mol. The Labute approximate surface area is 89.0 Å². The fourth-order valence-electron chi connectivity index (χ4n) is 1.73. The molecule has 1 unspecified atom stereocenters. The molecule has 3 nitrogen and oxygen atoms in total. The van der Waals surface area contributed by atoms with Crippen LogP contribution in [0.25, 0.3) is 0 Å². The minimum Gasteiger partial charge on any atom is -0.479 e. The van der Waals surface area contributed by atoms with Gasteiger partial charge in [0.1, 0.15) is 5.75 Å². The minimum atomic E-state index is -0.375. The van der Waals surface area contributed by atoms with Crippen LogP contribution in [0.5, 0.6) is 5.75 Å². The van der Waals surface area contributed by atoms with Gasteiger partial charge in [0.2, 0.25) is 0 Å². The van der Waals surface area contributed by atoms with E-state index in [2.05, 4.69) is 11.5 Å². The van der Waals surface area contributed by atoms with Crippen LogP contribution in [0.2, 0.25) is 0 Å². The molecule has 1 aliphatic heterocycles. The van der Waals surface area contributed by atoms with Crippen molar-refractivity contribution in [2.75, 3.05) is 18.0 Å². The highest BCUT2D eigenvalue weighted by molar-refractivity contribution is 5.66. The van der Waals surface area contributed by atoms with Crippen LogP contribution in [-0.4, -0.2) is 25.5 Å². The number of hydrogen-bond acceptors (Lipinski definition) is 3. The third kappa shape index (κ3) is 1.86. The van der Waals surface area contributed by atoms with Crippen LogP contribution < -0.4 is 9.64 Å². The van der Waals surface area contributed by atoms with Crippen molar-refractivity contribution in [3.05, 3.63) is 36.9 Å². The molecule has 0 radical (unpaired) electrons. The zero-order valence-corrected chi connectivity index (χ0v) is 8.43. The predicted molar refractivity (Wildman–Crippen MR) is 59.3 cm³/mol. The van der Waals surface area contributed by atoms with E-state index < -0.39 is 0 Å². The average molecular weight is 203 g/mol. The molecule has 0 amide bonds. The maximum absolute atomic E-state index is 10.7. The van der Waals surface area contributed by atoms with Crippen molar-refractivity contribution in [1.82, 2.24) is 0 Å². The molecule has 0 saturated heterocycles. The van der Waals surface area contributed by atoms with Gasteiger partial charge in [0.15, 0.2) is 12.4 Å². The van der Waals surface area contributed by atoms with Gasteiger partial charge in [0.25, 0.3) is 0 Å². The number of benzene rings is 1. The summed E-state index contributed by atoms with van der Waals surface area (Å²) in [6.07, 6.45) is 2.29. The number of para-hydroxylation sites is 2. The van der Waals surface area contributed by atoms with Gasteiger partial charge in [-0.3, -0.25) is 4.79 Å². The summed E-state index contributed by atoms with van der Waals surface area (Å²) in [6, 6.07) is 7.72. The summed E-state index contributed by atoms with van der Waals surface area (Å²) in [6.45, 7) is 5.02. The molecule has 3 heteroatoms. The lowest BCUT2D eigenvalue weighted by atomic mass is 10.2. The van der Waals surface area contributed by atoms with Crippen molar-refractivity contribution in [3.8, 4) is 5.75 Å². The predicted octanol–water partition coefficient (Wildman–Crippen LogP) is 1.64. The van der Waals surface area contributed by atoms with Gasteiger partial charge in [-0.15, -0.1) is 6.58 Å². The number of rotatable bonds is 3. The van der Waals surface area contributed by atoms with E-state index in [-0.39, 0.29) is 6.10 Å². The van der Waals surface area contributed by atoms with E-state index in [1.165, 1.54) is 0 Å².